The molecule has 1 saturated heterocycles. The number of nitrogens with one attached hydrogen (secondary N) is 3. The van der Waals surface area contributed by atoms with E-state index in [0.29, 0.717) is 24.9 Å². The highest BCUT2D eigenvalue weighted by Crippen LogP contribution is 2.22. The molecular weight excluding hydrogens is 502 g/mol. The fourth-order valence-corrected chi connectivity index (χ4v) is 4.57. The first-order chi connectivity index (χ1) is 16.4. The Bertz CT molecular complexity index is 1020. The zero-order valence-corrected chi connectivity index (χ0v) is 21.0. The Hall–Kier alpha value is -2.75. The van der Waals surface area contributed by atoms with E-state index in [1.165, 1.54) is 32.1 Å². The number of amides is 3. The number of carbonyl (C=O) groups is 4. The predicted molar refractivity (Wildman–Crippen MR) is 131 cm³/mol. The number of pyridine rings is 1. The molecule has 2 aromatic heterocycles. The van der Waals surface area contributed by atoms with E-state index >= 15 is 0 Å². The van der Waals surface area contributed by atoms with Gasteiger partial charge in [0.25, 0.3) is 5.91 Å². The summed E-state index contributed by atoms with van der Waals surface area (Å²) in [5, 5.41) is 7.68. The summed E-state index contributed by atoms with van der Waals surface area (Å²) in [5.74, 6) is -0.364. The Morgan fingerprint density at radius 3 is 2.62 bits per heavy atom. The molecule has 4 rings (SSSR count). The molecule has 0 spiro atoms. The van der Waals surface area contributed by atoms with Gasteiger partial charge < -0.3 is 25.1 Å². The number of imidazole rings is 1. The first kappa shape index (κ1) is 25.9. The Morgan fingerprint density at radius 2 is 2.00 bits per heavy atom. The van der Waals surface area contributed by atoms with Crippen LogP contribution in [0.15, 0.2) is 29.0 Å². The number of fused-ring (bicyclic) bond motifs is 1. The van der Waals surface area contributed by atoms with Crippen LogP contribution in [0.2, 0.25) is 0 Å². The lowest BCUT2D eigenvalue weighted by Gasteiger charge is -2.15. The summed E-state index contributed by atoms with van der Waals surface area (Å²) in [6.07, 6.45) is 12.2. The van der Waals surface area contributed by atoms with Crippen molar-refractivity contribution in [2.45, 2.75) is 57.9 Å². The van der Waals surface area contributed by atoms with Crippen LogP contribution < -0.4 is 16.0 Å². The molecule has 3 amide bonds. The molecule has 3 N–H and O–H groups in total. The number of hydrogen-bond acceptors (Lipinski definition) is 5. The maximum absolute atomic E-state index is 12.2. The van der Waals surface area contributed by atoms with Crippen molar-refractivity contribution in [1.29, 1.82) is 0 Å². The second-order valence-corrected chi connectivity index (χ2v) is 9.90. The number of carbonyl (C=O) groups excluding carboxylic acids is 4. The minimum Gasteiger partial charge on any atom is -0.356 e. The Kier molecular flexibility index (Phi) is 9.62. The van der Waals surface area contributed by atoms with Crippen molar-refractivity contribution in [2.24, 2.45) is 11.8 Å². The molecule has 184 valence electrons. The highest BCUT2D eigenvalue weighted by atomic mass is 79.9. The van der Waals surface area contributed by atoms with Crippen LogP contribution in [-0.4, -0.2) is 52.5 Å². The average molecular weight is 534 g/mol. The number of rotatable bonds is 7. The topological polar surface area (TPSA) is 122 Å². The van der Waals surface area contributed by atoms with Crippen LogP contribution in [0.5, 0.6) is 0 Å². The second-order valence-electron chi connectivity index (χ2n) is 8.99. The molecular formula is C24H32BrN5O4. The molecule has 1 saturated carbocycles. The van der Waals surface area contributed by atoms with Gasteiger partial charge in [0, 0.05) is 29.3 Å². The van der Waals surface area contributed by atoms with Crippen molar-refractivity contribution in [3.8, 4) is 0 Å². The van der Waals surface area contributed by atoms with Crippen LogP contribution in [0.4, 0.5) is 0 Å². The van der Waals surface area contributed by atoms with E-state index < -0.39 is 17.9 Å². The second kappa shape index (κ2) is 12.6. The average Bonchev–Trinajstić information content (AvgIpc) is 3.43. The van der Waals surface area contributed by atoms with E-state index in [2.05, 4.69) is 43.8 Å². The first-order valence-electron chi connectivity index (χ1n) is 11.8. The van der Waals surface area contributed by atoms with Crippen molar-refractivity contribution in [2.75, 3.05) is 13.1 Å². The third-order valence-electron chi connectivity index (χ3n) is 6.16. The van der Waals surface area contributed by atoms with Gasteiger partial charge in [-0.05, 0) is 46.8 Å². The highest BCUT2D eigenvalue weighted by Gasteiger charge is 2.27. The van der Waals surface area contributed by atoms with Crippen LogP contribution in [0, 0.1) is 11.8 Å². The number of halogens is 1. The molecule has 34 heavy (non-hydrogen) atoms. The van der Waals surface area contributed by atoms with Gasteiger partial charge in [-0.3, -0.25) is 14.4 Å². The van der Waals surface area contributed by atoms with Crippen molar-refractivity contribution < 1.29 is 19.2 Å². The lowest BCUT2D eigenvalue weighted by Crippen LogP contribution is -2.44. The van der Waals surface area contributed by atoms with Gasteiger partial charge in [0.2, 0.25) is 11.8 Å². The van der Waals surface area contributed by atoms with E-state index in [0.717, 1.165) is 10.4 Å². The summed E-state index contributed by atoms with van der Waals surface area (Å²) in [4.78, 5) is 51.1. The predicted octanol–water partition coefficient (Wildman–Crippen LogP) is 2.62. The maximum atomic E-state index is 12.2. The minimum atomic E-state index is -0.768. The first-order valence-corrected chi connectivity index (χ1v) is 12.6. The Balaban J connectivity index is 0.000000396. The highest BCUT2D eigenvalue weighted by molar-refractivity contribution is 9.10. The van der Waals surface area contributed by atoms with Crippen LogP contribution in [0.25, 0.3) is 5.65 Å². The van der Waals surface area contributed by atoms with Gasteiger partial charge in [0.15, 0.2) is 0 Å². The molecule has 0 radical (unpaired) electrons. The molecule has 2 aliphatic rings. The van der Waals surface area contributed by atoms with Crippen LogP contribution >= 0.6 is 15.9 Å². The fourth-order valence-electron chi connectivity index (χ4n) is 4.21. The molecule has 1 aliphatic carbocycles. The quantitative estimate of drug-likeness (QED) is 0.472. The van der Waals surface area contributed by atoms with Gasteiger partial charge in [0.1, 0.15) is 17.6 Å². The zero-order chi connectivity index (χ0) is 24.5. The normalized spacial score (nSPS) is 19.0. The number of aldehydes is 1. The SMILES string of the molecule is CC1CCCCC1.O=CC(CC1CCNC1=O)NC(=O)CNC(=O)c1cn2cc(Br)ccc2n1. The molecule has 0 bridgehead atoms. The van der Waals surface area contributed by atoms with Crippen molar-refractivity contribution in [1.82, 2.24) is 25.3 Å². The number of aromatic nitrogens is 2. The molecule has 10 heteroatoms. The standard InChI is InChI=1S/C17H18BrN5O4.C7H14/c18-11-1-2-14-22-13(8-23(14)7-11)17(27)20-6-15(25)21-12(9-24)5-10-3-4-19-16(10)26;1-7-5-3-2-4-6-7/h1-2,7-10,12H,3-6H2,(H,19,26)(H,20,27)(H,21,25);7H,2-6H2,1H3. The Morgan fingerprint density at radius 1 is 1.24 bits per heavy atom. The zero-order valence-electron chi connectivity index (χ0n) is 19.4. The smallest absolute Gasteiger partial charge is 0.271 e. The molecule has 2 fully saturated rings. The summed E-state index contributed by atoms with van der Waals surface area (Å²) in [6, 6.07) is 2.79. The van der Waals surface area contributed by atoms with Gasteiger partial charge in [-0.1, -0.05) is 39.0 Å². The van der Waals surface area contributed by atoms with E-state index in [1.807, 2.05) is 6.07 Å². The molecule has 3 heterocycles. The largest absolute Gasteiger partial charge is 0.356 e. The molecule has 2 aromatic rings. The molecule has 2 atom stereocenters. The number of nitrogens with zero attached hydrogens (tertiary/aromatic N) is 2. The molecule has 1 aliphatic heterocycles. The maximum Gasteiger partial charge on any atom is 0.271 e. The van der Waals surface area contributed by atoms with Gasteiger partial charge in [-0.25, -0.2) is 4.98 Å². The minimum absolute atomic E-state index is 0.108. The van der Waals surface area contributed by atoms with E-state index in [4.69, 9.17) is 0 Å². The van der Waals surface area contributed by atoms with E-state index in [9.17, 15) is 19.2 Å². The van der Waals surface area contributed by atoms with Crippen LogP contribution in [-0.2, 0) is 14.4 Å². The van der Waals surface area contributed by atoms with Crippen molar-refractivity contribution in [3.63, 3.8) is 0 Å². The van der Waals surface area contributed by atoms with Crippen molar-refractivity contribution >= 4 is 45.6 Å². The molecule has 9 nitrogen and oxygen atoms in total. The van der Waals surface area contributed by atoms with Crippen LogP contribution in [0.1, 0.15) is 62.4 Å². The van der Waals surface area contributed by atoms with Gasteiger partial charge in [0.05, 0.1) is 12.6 Å². The van der Waals surface area contributed by atoms with E-state index in [-0.39, 0.29) is 30.5 Å². The Labute approximate surface area is 207 Å². The number of hydrogen-bond donors (Lipinski definition) is 3. The van der Waals surface area contributed by atoms with Gasteiger partial charge in [-0.2, -0.15) is 0 Å². The summed E-state index contributed by atoms with van der Waals surface area (Å²) in [5.41, 5.74) is 0.777. The van der Waals surface area contributed by atoms with Crippen molar-refractivity contribution in [3.05, 3.63) is 34.7 Å². The summed E-state index contributed by atoms with van der Waals surface area (Å²) >= 11 is 3.34. The summed E-state index contributed by atoms with van der Waals surface area (Å²) in [6.45, 7) is 2.64. The van der Waals surface area contributed by atoms with Gasteiger partial charge in [-0.15, -0.1) is 0 Å². The lowest BCUT2D eigenvalue weighted by atomic mass is 9.91. The third-order valence-corrected chi connectivity index (χ3v) is 6.63. The lowest BCUT2D eigenvalue weighted by molar-refractivity contribution is -0.125. The van der Waals surface area contributed by atoms with Crippen LogP contribution in [0.3, 0.4) is 0 Å². The summed E-state index contributed by atoms with van der Waals surface area (Å²) < 4.78 is 2.53. The summed E-state index contributed by atoms with van der Waals surface area (Å²) in [7, 11) is 0. The third kappa shape index (κ3) is 7.65. The van der Waals surface area contributed by atoms with E-state index in [1.54, 1.807) is 22.9 Å². The molecule has 0 aromatic carbocycles. The fraction of sp³-hybridized carbons (Fsp3) is 0.542. The monoisotopic (exact) mass is 533 g/mol. The molecule has 2 unspecified atom stereocenters. The van der Waals surface area contributed by atoms with Gasteiger partial charge >= 0.3 is 0 Å².